The van der Waals surface area contributed by atoms with Gasteiger partial charge in [0.2, 0.25) is 10.0 Å². The lowest BCUT2D eigenvalue weighted by molar-refractivity contribution is 0.336. The normalized spacial score (nSPS) is 15.1. The zero-order valence-corrected chi connectivity index (χ0v) is 15.0. The first kappa shape index (κ1) is 17.0. The Morgan fingerprint density at radius 1 is 1.08 bits per heavy atom. The molecule has 0 saturated heterocycles. The topological polar surface area (TPSA) is 46.6 Å². The van der Waals surface area contributed by atoms with E-state index in [4.69, 9.17) is 4.74 Å². The van der Waals surface area contributed by atoms with Crippen LogP contribution in [0.5, 0.6) is 5.75 Å². The molecule has 0 aliphatic carbocycles. The van der Waals surface area contributed by atoms with E-state index in [1.165, 1.54) is 5.56 Å². The van der Waals surface area contributed by atoms with E-state index in [9.17, 15) is 8.42 Å². The largest absolute Gasteiger partial charge is 0.494 e. The molecule has 0 atom stereocenters. The molecule has 4 nitrogen and oxygen atoms in total. The highest BCUT2D eigenvalue weighted by Crippen LogP contribution is 2.28. The number of rotatable bonds is 5. The predicted octanol–water partition coefficient (Wildman–Crippen LogP) is 3.39. The fraction of sp³-hybridized carbons (Fsp3) is 0.368. The van der Waals surface area contributed by atoms with E-state index in [2.05, 4.69) is 6.07 Å². The first-order valence-corrected chi connectivity index (χ1v) is 9.83. The molecule has 1 heterocycles. The van der Waals surface area contributed by atoms with E-state index in [1.54, 1.807) is 22.5 Å². The smallest absolute Gasteiger partial charge is 0.243 e. The molecule has 1 aliphatic rings. The summed E-state index contributed by atoms with van der Waals surface area (Å²) >= 11 is 0. The van der Waals surface area contributed by atoms with E-state index in [-0.39, 0.29) is 0 Å². The highest BCUT2D eigenvalue weighted by atomic mass is 32.2. The Morgan fingerprint density at radius 2 is 1.83 bits per heavy atom. The van der Waals surface area contributed by atoms with Crippen LogP contribution in [0, 0.1) is 0 Å². The van der Waals surface area contributed by atoms with Gasteiger partial charge >= 0.3 is 0 Å². The third kappa shape index (κ3) is 3.19. The van der Waals surface area contributed by atoms with E-state index >= 15 is 0 Å². The van der Waals surface area contributed by atoms with Crippen LogP contribution in [0.4, 0.5) is 0 Å². The second-order valence-electron chi connectivity index (χ2n) is 5.91. The molecule has 1 aliphatic heterocycles. The first-order chi connectivity index (χ1) is 11.6. The van der Waals surface area contributed by atoms with Crippen LogP contribution in [-0.4, -0.2) is 25.9 Å². The van der Waals surface area contributed by atoms with E-state index in [0.29, 0.717) is 24.6 Å². The van der Waals surface area contributed by atoms with Crippen LogP contribution >= 0.6 is 0 Å². The summed E-state index contributed by atoms with van der Waals surface area (Å²) in [7, 11) is -3.49. The lowest BCUT2D eigenvalue weighted by Crippen LogP contribution is -2.36. The molecule has 2 aromatic rings. The molecule has 0 unspecified atom stereocenters. The average molecular weight is 345 g/mol. The quantitative estimate of drug-likeness (QED) is 0.834. The zero-order valence-electron chi connectivity index (χ0n) is 14.2. The highest BCUT2D eigenvalue weighted by Gasteiger charge is 2.28. The first-order valence-electron chi connectivity index (χ1n) is 8.39. The molecule has 2 aromatic carbocycles. The van der Waals surface area contributed by atoms with Gasteiger partial charge in [-0.1, -0.05) is 31.2 Å². The van der Waals surface area contributed by atoms with Crippen LogP contribution < -0.4 is 4.74 Å². The Morgan fingerprint density at radius 3 is 2.54 bits per heavy atom. The zero-order chi connectivity index (χ0) is 17.2. The van der Waals surface area contributed by atoms with Gasteiger partial charge in [-0.25, -0.2) is 8.42 Å². The summed E-state index contributed by atoms with van der Waals surface area (Å²) in [6.07, 6.45) is 1.49. The summed E-state index contributed by atoms with van der Waals surface area (Å²) in [5.74, 6) is 0.767. The number of sulfonamides is 1. The van der Waals surface area contributed by atoms with Crippen LogP contribution in [0.2, 0.25) is 0 Å². The summed E-state index contributed by atoms with van der Waals surface area (Å²) in [5.41, 5.74) is 3.26. The number of hydrogen-bond acceptors (Lipinski definition) is 3. The maximum Gasteiger partial charge on any atom is 0.243 e. The van der Waals surface area contributed by atoms with Gasteiger partial charge < -0.3 is 4.74 Å². The molecular formula is C19H23NO3S. The van der Waals surface area contributed by atoms with Gasteiger partial charge in [0.05, 0.1) is 11.5 Å². The molecule has 0 radical (unpaired) electrons. The van der Waals surface area contributed by atoms with Gasteiger partial charge in [-0.15, -0.1) is 0 Å². The molecule has 0 aromatic heterocycles. The maximum atomic E-state index is 13.0. The summed E-state index contributed by atoms with van der Waals surface area (Å²) in [6, 6.07) is 13.2. The Hall–Kier alpha value is -1.85. The minimum Gasteiger partial charge on any atom is -0.494 e. The molecule has 0 saturated carbocycles. The monoisotopic (exact) mass is 345 g/mol. The van der Waals surface area contributed by atoms with Crippen molar-refractivity contribution in [2.24, 2.45) is 0 Å². The standard InChI is InChI=1S/C19H23NO3S/c1-3-15-13-18(9-10-19(15)23-4-2)24(21,22)20-12-11-16-7-5-6-8-17(16)14-20/h5-10,13H,3-4,11-12,14H2,1-2H3. The Bertz CT molecular complexity index is 830. The fourth-order valence-electron chi connectivity index (χ4n) is 3.11. The number of aryl methyl sites for hydroxylation is 1. The molecule has 0 N–H and O–H groups in total. The van der Waals surface area contributed by atoms with Crippen molar-refractivity contribution in [2.75, 3.05) is 13.2 Å². The number of fused-ring (bicyclic) bond motifs is 1. The Balaban J connectivity index is 1.91. The van der Waals surface area contributed by atoms with Crippen LogP contribution in [0.3, 0.4) is 0 Å². The Labute approximate surface area is 144 Å². The SMILES string of the molecule is CCOc1ccc(S(=O)(=O)N2CCc3ccccc3C2)cc1CC. The number of nitrogens with zero attached hydrogens (tertiary/aromatic N) is 1. The lowest BCUT2D eigenvalue weighted by atomic mass is 10.0. The third-order valence-electron chi connectivity index (χ3n) is 4.45. The predicted molar refractivity (Wildman–Crippen MR) is 94.7 cm³/mol. The van der Waals surface area contributed by atoms with Crippen molar-refractivity contribution < 1.29 is 13.2 Å². The molecule has 24 heavy (non-hydrogen) atoms. The number of ether oxygens (including phenoxy) is 1. The highest BCUT2D eigenvalue weighted by molar-refractivity contribution is 7.89. The summed E-state index contributed by atoms with van der Waals surface area (Å²) < 4.78 is 33.2. The van der Waals surface area contributed by atoms with Crippen LogP contribution in [0.25, 0.3) is 0 Å². The van der Waals surface area contributed by atoms with Gasteiger partial charge in [0.25, 0.3) is 0 Å². The minimum atomic E-state index is -3.49. The third-order valence-corrected chi connectivity index (χ3v) is 6.29. The van der Waals surface area contributed by atoms with Gasteiger partial charge in [-0.05, 0) is 54.7 Å². The molecular weight excluding hydrogens is 322 g/mol. The van der Waals surface area contributed by atoms with Crippen molar-refractivity contribution in [1.82, 2.24) is 4.31 Å². The average Bonchev–Trinajstić information content (AvgIpc) is 2.61. The van der Waals surface area contributed by atoms with Crippen LogP contribution in [-0.2, 0) is 29.4 Å². The van der Waals surface area contributed by atoms with Crippen LogP contribution in [0.15, 0.2) is 47.4 Å². The second kappa shape index (κ2) is 6.95. The van der Waals surface area contributed by atoms with Gasteiger partial charge in [-0.2, -0.15) is 4.31 Å². The second-order valence-corrected chi connectivity index (χ2v) is 7.85. The lowest BCUT2D eigenvalue weighted by Gasteiger charge is -2.28. The maximum absolute atomic E-state index is 13.0. The van der Waals surface area contributed by atoms with E-state index in [0.717, 1.165) is 29.7 Å². The minimum absolute atomic E-state index is 0.349. The van der Waals surface area contributed by atoms with E-state index < -0.39 is 10.0 Å². The van der Waals surface area contributed by atoms with Crippen molar-refractivity contribution in [2.45, 2.75) is 38.1 Å². The summed E-state index contributed by atoms with van der Waals surface area (Å²) in [5, 5.41) is 0. The van der Waals surface area contributed by atoms with Crippen molar-refractivity contribution in [1.29, 1.82) is 0 Å². The molecule has 0 fully saturated rings. The van der Waals surface area contributed by atoms with Crippen molar-refractivity contribution in [3.63, 3.8) is 0 Å². The molecule has 0 spiro atoms. The summed E-state index contributed by atoms with van der Waals surface area (Å²) in [6.45, 7) is 5.46. The van der Waals surface area contributed by atoms with Gasteiger partial charge in [-0.3, -0.25) is 0 Å². The number of hydrogen-bond donors (Lipinski definition) is 0. The Kier molecular flexibility index (Phi) is 4.92. The molecule has 0 amide bonds. The fourth-order valence-corrected chi connectivity index (χ4v) is 4.58. The number of benzene rings is 2. The van der Waals surface area contributed by atoms with Gasteiger partial charge in [0.1, 0.15) is 5.75 Å². The molecule has 3 rings (SSSR count). The van der Waals surface area contributed by atoms with Gasteiger partial charge in [0, 0.05) is 13.1 Å². The molecule has 0 bridgehead atoms. The van der Waals surface area contributed by atoms with Crippen molar-refractivity contribution in [3.05, 3.63) is 59.2 Å². The molecule has 5 heteroatoms. The van der Waals surface area contributed by atoms with Crippen molar-refractivity contribution in [3.8, 4) is 5.75 Å². The van der Waals surface area contributed by atoms with Crippen molar-refractivity contribution >= 4 is 10.0 Å². The van der Waals surface area contributed by atoms with Gasteiger partial charge in [0.15, 0.2) is 0 Å². The summed E-state index contributed by atoms with van der Waals surface area (Å²) in [4.78, 5) is 0.349. The van der Waals surface area contributed by atoms with E-state index in [1.807, 2.05) is 32.0 Å². The molecule has 128 valence electrons. The van der Waals surface area contributed by atoms with Crippen LogP contribution in [0.1, 0.15) is 30.5 Å².